The van der Waals surface area contributed by atoms with Crippen molar-refractivity contribution in [3.63, 3.8) is 0 Å². The molecule has 2 N–H and O–H groups in total. The Hall–Kier alpha value is -1.27. The number of nitrogens with one attached hydrogen (secondary N) is 1. The number of hydrogen-bond donors (Lipinski definition) is 2. The van der Waals surface area contributed by atoms with Gasteiger partial charge >= 0.3 is 6.03 Å². The Morgan fingerprint density at radius 3 is 3.00 bits per heavy atom. The van der Waals surface area contributed by atoms with E-state index in [4.69, 9.17) is 5.11 Å². The Bertz CT molecular complexity index is 499. The molecule has 4 nitrogen and oxygen atoms in total. The van der Waals surface area contributed by atoms with Crippen LogP contribution in [0.3, 0.4) is 0 Å². The van der Waals surface area contributed by atoms with Gasteiger partial charge in [-0.2, -0.15) is 11.8 Å². The molecule has 0 radical (unpaired) electrons. The zero-order valence-electron chi connectivity index (χ0n) is 13.3. The summed E-state index contributed by atoms with van der Waals surface area (Å²) in [7, 11) is 0. The minimum Gasteiger partial charge on any atom is -0.396 e. The normalized spacial score (nSPS) is 18.0. The second-order valence-electron chi connectivity index (χ2n) is 5.73. The first kappa shape index (κ1) is 18.1. The molecule has 23 heavy (non-hydrogen) atoms. The lowest BCUT2D eigenvalue weighted by molar-refractivity contribution is 0.132. The van der Waals surface area contributed by atoms with Crippen molar-refractivity contribution in [2.45, 2.75) is 37.5 Å². The van der Waals surface area contributed by atoms with Crippen molar-refractivity contribution in [3.8, 4) is 0 Å². The van der Waals surface area contributed by atoms with Crippen LogP contribution >= 0.6 is 11.8 Å². The van der Waals surface area contributed by atoms with Gasteiger partial charge in [0.25, 0.3) is 0 Å². The first-order valence-electron chi connectivity index (χ1n) is 8.19. The highest BCUT2D eigenvalue weighted by molar-refractivity contribution is 7.98. The quantitative estimate of drug-likeness (QED) is 0.750. The molecule has 0 spiro atoms. The Labute approximate surface area is 141 Å². The van der Waals surface area contributed by atoms with E-state index in [9.17, 15) is 9.18 Å². The second-order valence-corrected chi connectivity index (χ2v) is 6.84. The van der Waals surface area contributed by atoms with E-state index in [1.807, 2.05) is 11.0 Å². The summed E-state index contributed by atoms with van der Waals surface area (Å²) >= 11 is 1.61. The third-order valence-corrected chi connectivity index (χ3v) is 5.10. The molecule has 1 heterocycles. The van der Waals surface area contributed by atoms with Gasteiger partial charge in [0, 0.05) is 37.2 Å². The van der Waals surface area contributed by atoms with Gasteiger partial charge in [-0.15, -0.1) is 0 Å². The first-order chi connectivity index (χ1) is 11.2. The molecule has 6 heteroatoms. The van der Waals surface area contributed by atoms with E-state index in [1.54, 1.807) is 23.9 Å². The summed E-state index contributed by atoms with van der Waals surface area (Å²) in [5.41, 5.74) is 0.697. The molecule has 0 aliphatic carbocycles. The largest absolute Gasteiger partial charge is 0.396 e. The smallest absolute Gasteiger partial charge is 0.317 e. The average Bonchev–Trinajstić information content (AvgIpc) is 2.57. The maximum atomic E-state index is 13.5. The molecule has 1 saturated heterocycles. The Morgan fingerprint density at radius 2 is 2.22 bits per heavy atom. The van der Waals surface area contributed by atoms with Crippen LogP contribution < -0.4 is 5.32 Å². The number of hydrogen-bond acceptors (Lipinski definition) is 3. The summed E-state index contributed by atoms with van der Waals surface area (Å²) in [5.74, 6) is 1.18. The topological polar surface area (TPSA) is 52.6 Å². The molecule has 0 saturated carbocycles. The lowest BCUT2D eigenvalue weighted by Crippen LogP contribution is -2.49. The zero-order valence-corrected chi connectivity index (χ0v) is 14.2. The Morgan fingerprint density at radius 1 is 1.39 bits per heavy atom. The first-order valence-corrected chi connectivity index (χ1v) is 9.34. The van der Waals surface area contributed by atoms with Crippen molar-refractivity contribution < 1.29 is 14.3 Å². The number of nitrogens with zero attached hydrogens (tertiary/aromatic N) is 1. The number of rotatable bonds is 7. The number of aliphatic hydroxyl groups excluding tert-OH is 1. The maximum Gasteiger partial charge on any atom is 0.317 e. The standard InChI is InChI=1S/C17H25FN2O2S/c18-16-7-2-1-5-14(16)13-23-12-9-19-17(22)20-10-4-3-6-15(20)8-11-21/h1-2,5,7,15,21H,3-4,6,8-13H2,(H,19,22). The molecule has 1 aliphatic rings. The molecule has 2 amide bonds. The van der Waals surface area contributed by atoms with Crippen LogP contribution in [0.25, 0.3) is 0 Å². The van der Waals surface area contributed by atoms with Crippen LogP contribution in [-0.2, 0) is 5.75 Å². The van der Waals surface area contributed by atoms with Crippen LogP contribution in [0.5, 0.6) is 0 Å². The summed E-state index contributed by atoms with van der Waals surface area (Å²) in [4.78, 5) is 14.1. The number of amides is 2. The summed E-state index contributed by atoms with van der Waals surface area (Å²) in [5, 5.41) is 12.0. The number of carbonyl (C=O) groups is 1. The highest BCUT2D eigenvalue weighted by atomic mass is 32.2. The number of likely N-dealkylation sites (tertiary alicyclic amines) is 1. The van der Waals surface area contributed by atoms with Crippen LogP contribution in [0.2, 0.25) is 0 Å². The number of carbonyl (C=O) groups excluding carboxylic acids is 1. The number of benzene rings is 1. The second kappa shape index (κ2) is 9.78. The van der Waals surface area contributed by atoms with Crippen LogP contribution in [-0.4, -0.2) is 47.5 Å². The predicted molar refractivity (Wildman–Crippen MR) is 92.0 cm³/mol. The van der Waals surface area contributed by atoms with Crippen molar-refractivity contribution >= 4 is 17.8 Å². The number of piperidine rings is 1. The summed E-state index contributed by atoms with van der Waals surface area (Å²) in [6.45, 7) is 1.45. The summed E-state index contributed by atoms with van der Waals surface area (Å²) in [6, 6.07) is 6.88. The van der Waals surface area contributed by atoms with Crippen LogP contribution in [0.15, 0.2) is 24.3 Å². The van der Waals surface area contributed by atoms with Gasteiger partial charge in [-0.3, -0.25) is 0 Å². The molecule has 1 aliphatic heterocycles. The van der Waals surface area contributed by atoms with Gasteiger partial charge in [-0.1, -0.05) is 18.2 Å². The van der Waals surface area contributed by atoms with Gasteiger partial charge in [0.05, 0.1) is 0 Å². The van der Waals surface area contributed by atoms with Crippen LogP contribution in [0.4, 0.5) is 9.18 Å². The lowest BCUT2D eigenvalue weighted by atomic mass is 10.0. The minimum absolute atomic E-state index is 0.0466. The van der Waals surface area contributed by atoms with Crippen molar-refractivity contribution in [2.75, 3.05) is 25.4 Å². The number of halogens is 1. The molecule has 2 rings (SSSR count). The van der Waals surface area contributed by atoms with Gasteiger partial charge in [0.2, 0.25) is 0 Å². The van der Waals surface area contributed by atoms with Gasteiger partial charge < -0.3 is 15.3 Å². The Kier molecular flexibility index (Phi) is 7.68. The highest BCUT2D eigenvalue weighted by Crippen LogP contribution is 2.19. The number of urea groups is 1. The van der Waals surface area contributed by atoms with Crippen molar-refractivity contribution in [3.05, 3.63) is 35.6 Å². The number of thioether (sulfide) groups is 1. The molecule has 1 unspecified atom stereocenters. The van der Waals surface area contributed by atoms with Gasteiger partial charge in [-0.05, 0) is 37.3 Å². The molecule has 1 aromatic carbocycles. The highest BCUT2D eigenvalue weighted by Gasteiger charge is 2.25. The van der Waals surface area contributed by atoms with E-state index in [2.05, 4.69) is 5.32 Å². The fraction of sp³-hybridized carbons (Fsp3) is 0.588. The molecule has 0 bridgehead atoms. The summed E-state index contributed by atoms with van der Waals surface area (Å²) < 4.78 is 13.5. The van der Waals surface area contributed by atoms with E-state index in [0.717, 1.165) is 31.6 Å². The van der Waals surface area contributed by atoms with Gasteiger partial charge in [0.15, 0.2) is 0 Å². The van der Waals surface area contributed by atoms with E-state index in [0.29, 0.717) is 24.3 Å². The van der Waals surface area contributed by atoms with Crippen molar-refractivity contribution in [1.29, 1.82) is 0 Å². The molecule has 1 atom stereocenters. The van der Waals surface area contributed by atoms with Gasteiger partial charge in [0.1, 0.15) is 5.82 Å². The maximum absolute atomic E-state index is 13.5. The predicted octanol–water partition coefficient (Wildman–Crippen LogP) is 3.01. The van der Waals surface area contributed by atoms with E-state index < -0.39 is 0 Å². The number of aliphatic hydroxyl groups is 1. The Balaban J connectivity index is 1.67. The van der Waals surface area contributed by atoms with Crippen molar-refractivity contribution in [1.82, 2.24) is 10.2 Å². The van der Waals surface area contributed by atoms with Crippen molar-refractivity contribution in [2.24, 2.45) is 0 Å². The van der Waals surface area contributed by atoms with E-state index in [-0.39, 0.29) is 24.5 Å². The molecule has 0 aromatic heterocycles. The summed E-state index contributed by atoms with van der Waals surface area (Å²) in [6.07, 6.45) is 3.76. The average molecular weight is 340 g/mol. The fourth-order valence-electron chi connectivity index (χ4n) is 2.85. The fourth-order valence-corrected chi connectivity index (χ4v) is 3.69. The third-order valence-electron chi connectivity index (χ3n) is 4.09. The minimum atomic E-state index is -0.177. The third kappa shape index (κ3) is 5.70. The van der Waals surface area contributed by atoms with Gasteiger partial charge in [-0.25, -0.2) is 9.18 Å². The van der Waals surface area contributed by atoms with E-state index in [1.165, 1.54) is 6.07 Å². The molecular weight excluding hydrogens is 315 g/mol. The monoisotopic (exact) mass is 340 g/mol. The molecule has 1 aromatic rings. The van der Waals surface area contributed by atoms with Crippen LogP contribution in [0, 0.1) is 5.82 Å². The zero-order chi connectivity index (χ0) is 16.5. The molecule has 128 valence electrons. The van der Waals surface area contributed by atoms with Crippen LogP contribution in [0.1, 0.15) is 31.2 Å². The molecule has 1 fully saturated rings. The lowest BCUT2D eigenvalue weighted by Gasteiger charge is -2.35. The van der Waals surface area contributed by atoms with E-state index >= 15 is 0 Å². The molecular formula is C17H25FN2O2S. The SMILES string of the molecule is O=C(NCCSCc1ccccc1F)N1CCCCC1CCO.